The van der Waals surface area contributed by atoms with Crippen LogP contribution in [0, 0.1) is 6.92 Å². The van der Waals surface area contributed by atoms with Gasteiger partial charge in [0, 0.05) is 10.6 Å². The van der Waals surface area contributed by atoms with E-state index in [1.807, 2.05) is 37.3 Å². The largest absolute Gasteiger partial charge is 0.508 e. The molecule has 94 valence electrons. The molecule has 0 aliphatic carbocycles. The summed E-state index contributed by atoms with van der Waals surface area (Å²) in [5, 5.41) is 10.6. The van der Waals surface area contributed by atoms with Crippen molar-refractivity contribution < 1.29 is 5.11 Å². The highest BCUT2D eigenvalue weighted by atomic mass is 35.5. The molecule has 0 saturated heterocycles. The van der Waals surface area contributed by atoms with Gasteiger partial charge in [-0.25, -0.2) is 5.43 Å². The van der Waals surface area contributed by atoms with Crippen molar-refractivity contribution in [2.24, 2.45) is 5.84 Å². The molecule has 0 fully saturated rings. The van der Waals surface area contributed by atoms with Gasteiger partial charge in [0.05, 0.1) is 6.04 Å². The predicted molar refractivity (Wildman–Crippen MR) is 73.5 cm³/mol. The summed E-state index contributed by atoms with van der Waals surface area (Å²) in [6, 6.07) is 12.8. The van der Waals surface area contributed by atoms with Crippen molar-refractivity contribution in [3.63, 3.8) is 0 Å². The number of rotatable bonds is 3. The van der Waals surface area contributed by atoms with Gasteiger partial charge >= 0.3 is 0 Å². The maximum Gasteiger partial charge on any atom is 0.121 e. The van der Waals surface area contributed by atoms with Crippen LogP contribution < -0.4 is 11.3 Å². The van der Waals surface area contributed by atoms with E-state index in [2.05, 4.69) is 5.43 Å². The fourth-order valence-corrected chi connectivity index (χ4v) is 2.10. The molecule has 4 heteroatoms. The summed E-state index contributed by atoms with van der Waals surface area (Å²) in [7, 11) is 0. The first kappa shape index (κ1) is 12.9. The number of hydrogen-bond acceptors (Lipinski definition) is 3. The summed E-state index contributed by atoms with van der Waals surface area (Å²) in [6.45, 7) is 1.85. The number of halogens is 1. The van der Waals surface area contributed by atoms with Gasteiger partial charge in [-0.3, -0.25) is 5.84 Å². The van der Waals surface area contributed by atoms with Crippen LogP contribution >= 0.6 is 11.6 Å². The van der Waals surface area contributed by atoms with E-state index >= 15 is 0 Å². The Morgan fingerprint density at radius 1 is 1.22 bits per heavy atom. The Kier molecular flexibility index (Phi) is 3.87. The van der Waals surface area contributed by atoms with Crippen LogP contribution in [0.15, 0.2) is 42.5 Å². The van der Waals surface area contributed by atoms with Crippen LogP contribution in [0.4, 0.5) is 0 Å². The standard InChI is InChI=1S/C14H15ClN2O/c1-9-7-13(18)11(8-12(9)15)14(17-16)10-5-3-2-4-6-10/h2-8,14,17-18H,16H2,1H3. The number of nitrogens with one attached hydrogen (secondary N) is 1. The zero-order valence-corrected chi connectivity index (χ0v) is 10.8. The summed E-state index contributed by atoms with van der Waals surface area (Å²) in [5.41, 5.74) is 5.17. The van der Waals surface area contributed by atoms with Crippen molar-refractivity contribution >= 4 is 11.6 Å². The van der Waals surface area contributed by atoms with Gasteiger partial charge in [0.2, 0.25) is 0 Å². The molecule has 1 unspecified atom stereocenters. The predicted octanol–water partition coefficient (Wildman–Crippen LogP) is 2.91. The minimum absolute atomic E-state index is 0.184. The van der Waals surface area contributed by atoms with Gasteiger partial charge in [-0.05, 0) is 30.2 Å². The van der Waals surface area contributed by atoms with Crippen molar-refractivity contribution in [1.29, 1.82) is 0 Å². The van der Waals surface area contributed by atoms with Crippen LogP contribution in [0.2, 0.25) is 5.02 Å². The highest BCUT2D eigenvalue weighted by Gasteiger charge is 2.17. The molecule has 2 aromatic carbocycles. The van der Waals surface area contributed by atoms with Gasteiger partial charge in [0.15, 0.2) is 0 Å². The summed E-state index contributed by atoms with van der Waals surface area (Å²) in [4.78, 5) is 0. The van der Waals surface area contributed by atoms with E-state index in [9.17, 15) is 5.11 Å². The number of aryl methyl sites for hydroxylation is 1. The quantitative estimate of drug-likeness (QED) is 0.589. The maximum absolute atomic E-state index is 10.0. The SMILES string of the molecule is Cc1cc(O)c(C(NN)c2ccccc2)cc1Cl. The van der Waals surface area contributed by atoms with E-state index in [0.29, 0.717) is 10.6 Å². The number of benzene rings is 2. The number of phenols is 1. The Bertz CT molecular complexity index is 543. The van der Waals surface area contributed by atoms with Crippen LogP contribution in [0.25, 0.3) is 0 Å². The molecule has 2 aromatic rings. The first-order chi connectivity index (χ1) is 8.63. The number of nitrogens with two attached hydrogens (primary N) is 1. The van der Waals surface area contributed by atoms with E-state index in [-0.39, 0.29) is 11.8 Å². The Labute approximate surface area is 111 Å². The van der Waals surface area contributed by atoms with Crippen LogP contribution in [0.5, 0.6) is 5.75 Å². The van der Waals surface area contributed by atoms with Gasteiger partial charge in [-0.2, -0.15) is 0 Å². The first-order valence-corrected chi connectivity index (χ1v) is 6.01. The molecule has 1 atom stereocenters. The molecule has 4 N–H and O–H groups in total. The molecule has 0 radical (unpaired) electrons. The molecule has 0 heterocycles. The normalized spacial score (nSPS) is 12.4. The van der Waals surface area contributed by atoms with Gasteiger partial charge in [0.1, 0.15) is 5.75 Å². The van der Waals surface area contributed by atoms with Crippen molar-refractivity contribution in [3.05, 3.63) is 64.2 Å². The summed E-state index contributed by atoms with van der Waals surface area (Å²) < 4.78 is 0. The summed E-state index contributed by atoms with van der Waals surface area (Å²) >= 11 is 6.09. The Hall–Kier alpha value is -1.55. The third-order valence-corrected chi connectivity index (χ3v) is 3.33. The van der Waals surface area contributed by atoms with Gasteiger partial charge in [0.25, 0.3) is 0 Å². The minimum atomic E-state index is -0.288. The smallest absolute Gasteiger partial charge is 0.121 e. The van der Waals surface area contributed by atoms with Crippen molar-refractivity contribution in [1.82, 2.24) is 5.43 Å². The second-order valence-electron chi connectivity index (χ2n) is 4.17. The van der Waals surface area contributed by atoms with Gasteiger partial charge in [-0.1, -0.05) is 41.9 Å². The highest BCUT2D eigenvalue weighted by Crippen LogP contribution is 2.33. The average molecular weight is 263 g/mol. The lowest BCUT2D eigenvalue weighted by atomic mass is 9.97. The second kappa shape index (κ2) is 5.40. The number of aromatic hydroxyl groups is 1. The van der Waals surface area contributed by atoms with Crippen LogP contribution in [-0.4, -0.2) is 5.11 Å². The molecule has 0 bridgehead atoms. The van der Waals surface area contributed by atoms with E-state index in [1.165, 1.54) is 0 Å². The van der Waals surface area contributed by atoms with Crippen molar-refractivity contribution in [2.45, 2.75) is 13.0 Å². The maximum atomic E-state index is 10.0. The minimum Gasteiger partial charge on any atom is -0.508 e. The van der Waals surface area contributed by atoms with E-state index < -0.39 is 0 Å². The topological polar surface area (TPSA) is 58.3 Å². The third-order valence-electron chi connectivity index (χ3n) is 2.92. The zero-order valence-electron chi connectivity index (χ0n) is 10.0. The van der Waals surface area contributed by atoms with E-state index in [1.54, 1.807) is 12.1 Å². The van der Waals surface area contributed by atoms with E-state index in [0.717, 1.165) is 11.1 Å². The molecular formula is C14H15ClN2O. The molecular weight excluding hydrogens is 248 g/mol. The second-order valence-corrected chi connectivity index (χ2v) is 4.58. The first-order valence-electron chi connectivity index (χ1n) is 5.63. The Balaban J connectivity index is 2.49. The highest BCUT2D eigenvalue weighted by molar-refractivity contribution is 6.31. The fourth-order valence-electron chi connectivity index (χ4n) is 1.92. The molecule has 0 spiro atoms. The summed E-state index contributed by atoms with van der Waals surface area (Å²) in [5.74, 6) is 5.77. The van der Waals surface area contributed by atoms with Gasteiger partial charge < -0.3 is 5.11 Å². The van der Waals surface area contributed by atoms with Crippen molar-refractivity contribution in [2.75, 3.05) is 0 Å². The lowest BCUT2D eigenvalue weighted by molar-refractivity contribution is 0.458. The Morgan fingerprint density at radius 2 is 1.89 bits per heavy atom. The molecule has 0 aliphatic rings. The van der Waals surface area contributed by atoms with Crippen LogP contribution in [0.3, 0.4) is 0 Å². The number of hydrazine groups is 1. The van der Waals surface area contributed by atoms with Crippen LogP contribution in [-0.2, 0) is 0 Å². The monoisotopic (exact) mass is 262 g/mol. The van der Waals surface area contributed by atoms with E-state index in [4.69, 9.17) is 17.4 Å². The molecule has 3 nitrogen and oxygen atoms in total. The molecule has 0 saturated carbocycles. The molecule has 0 amide bonds. The summed E-state index contributed by atoms with van der Waals surface area (Å²) in [6.07, 6.45) is 0. The lowest BCUT2D eigenvalue weighted by Crippen LogP contribution is -2.28. The number of phenolic OH excluding ortho intramolecular Hbond substituents is 1. The molecule has 0 aliphatic heterocycles. The van der Waals surface area contributed by atoms with Crippen molar-refractivity contribution in [3.8, 4) is 5.75 Å². The number of hydrogen-bond donors (Lipinski definition) is 3. The third kappa shape index (κ3) is 2.48. The van der Waals surface area contributed by atoms with Crippen LogP contribution in [0.1, 0.15) is 22.7 Å². The molecule has 18 heavy (non-hydrogen) atoms. The average Bonchev–Trinajstić information content (AvgIpc) is 2.38. The molecule has 2 rings (SSSR count). The zero-order chi connectivity index (χ0) is 13.1. The molecule has 0 aromatic heterocycles. The Morgan fingerprint density at radius 3 is 2.50 bits per heavy atom. The van der Waals surface area contributed by atoms with Gasteiger partial charge in [-0.15, -0.1) is 0 Å². The lowest BCUT2D eigenvalue weighted by Gasteiger charge is -2.19. The fraction of sp³-hybridized carbons (Fsp3) is 0.143.